The number of carbonyl (C=O) groups excluding carboxylic acids is 3. The molecule has 4 unspecified atom stereocenters. The first-order valence-corrected chi connectivity index (χ1v) is 18.6. The zero-order valence-corrected chi connectivity index (χ0v) is 30.7. The number of thiazole rings is 2. The summed E-state index contributed by atoms with van der Waals surface area (Å²) in [7, 11) is 1.60. The zero-order chi connectivity index (χ0) is 36.6. The van der Waals surface area contributed by atoms with Gasteiger partial charge in [-0.25, -0.2) is 14.6 Å². The Morgan fingerprint density at radius 3 is 2.12 bits per heavy atom. The highest BCUT2D eigenvalue weighted by molar-refractivity contribution is 7.09. The van der Waals surface area contributed by atoms with E-state index in [0.29, 0.717) is 25.7 Å². The summed E-state index contributed by atoms with van der Waals surface area (Å²) in [5, 5.41) is 31.2. The average molecular weight is 732 g/mol. The van der Waals surface area contributed by atoms with Gasteiger partial charge in [-0.15, -0.1) is 22.7 Å². The number of aliphatic hydroxyl groups is 1. The number of nitrogens with one attached hydrogen (secondary N) is 3. The van der Waals surface area contributed by atoms with Gasteiger partial charge in [0, 0.05) is 43.0 Å². The van der Waals surface area contributed by atoms with Crippen LogP contribution in [0, 0.1) is 11.3 Å². The predicted molar refractivity (Wildman–Crippen MR) is 197 cm³/mol. The molecule has 4 amide bonds. The molecule has 4 aromatic rings. The van der Waals surface area contributed by atoms with Crippen LogP contribution >= 0.6 is 22.7 Å². The van der Waals surface area contributed by atoms with E-state index in [1.165, 1.54) is 27.6 Å². The summed E-state index contributed by atoms with van der Waals surface area (Å²) in [6.45, 7) is 4.44. The second kappa shape index (κ2) is 20.1. The maximum absolute atomic E-state index is 13.8. The third-order valence-electron chi connectivity index (χ3n) is 8.04. The number of aliphatic hydroxyl groups excluding tert-OH is 1. The number of nitriles is 1. The molecule has 0 aliphatic carbocycles. The molecule has 4 N–H and O–H groups in total. The van der Waals surface area contributed by atoms with Gasteiger partial charge in [-0.1, -0.05) is 74.5 Å². The van der Waals surface area contributed by atoms with E-state index in [0.717, 1.165) is 26.7 Å². The Bertz CT molecular complexity index is 1700. The molecule has 0 fully saturated rings. The van der Waals surface area contributed by atoms with Crippen molar-refractivity contribution in [2.24, 2.45) is 0 Å². The highest BCUT2D eigenvalue weighted by atomic mass is 32.1. The maximum atomic E-state index is 13.8. The number of benzene rings is 2. The van der Waals surface area contributed by atoms with Crippen molar-refractivity contribution in [3.05, 3.63) is 104 Å². The summed E-state index contributed by atoms with van der Waals surface area (Å²) >= 11 is 2.93. The lowest BCUT2D eigenvalue weighted by Gasteiger charge is -2.27. The van der Waals surface area contributed by atoms with Crippen molar-refractivity contribution in [1.29, 1.82) is 5.26 Å². The number of hydrogen-bond acceptors (Lipinski definition) is 10. The molecule has 0 saturated carbocycles. The quantitative estimate of drug-likeness (QED) is 0.0966. The molecule has 2 aromatic heterocycles. The van der Waals surface area contributed by atoms with Gasteiger partial charge in [0.25, 0.3) is 0 Å². The van der Waals surface area contributed by atoms with Gasteiger partial charge in [0.1, 0.15) is 18.8 Å². The minimum absolute atomic E-state index is 0.112. The molecule has 12 nitrogen and oxygen atoms in total. The lowest BCUT2D eigenvalue weighted by atomic mass is 9.95. The van der Waals surface area contributed by atoms with Crippen LogP contribution in [0.25, 0.3) is 0 Å². The monoisotopic (exact) mass is 731 g/mol. The van der Waals surface area contributed by atoms with E-state index in [1.54, 1.807) is 24.8 Å². The van der Waals surface area contributed by atoms with Crippen molar-refractivity contribution >= 4 is 40.7 Å². The Labute approximate surface area is 306 Å². The fourth-order valence-corrected chi connectivity index (χ4v) is 6.68. The van der Waals surface area contributed by atoms with E-state index in [1.807, 2.05) is 79.9 Å². The molecule has 4 atom stereocenters. The predicted octanol–water partition coefficient (Wildman–Crippen LogP) is 5.55. The smallest absolute Gasteiger partial charge is 0.407 e. The van der Waals surface area contributed by atoms with E-state index in [4.69, 9.17) is 4.74 Å². The minimum atomic E-state index is -1.47. The van der Waals surface area contributed by atoms with Crippen molar-refractivity contribution < 1.29 is 24.2 Å². The van der Waals surface area contributed by atoms with Gasteiger partial charge >= 0.3 is 12.1 Å². The number of ether oxygens (including phenoxy) is 1. The SMILES string of the molecule is CC(C)c1nc(CN(C)C(=O)NC(CC(O)C#N)C(=O)NC(CCC(Cc2ccccc2)NC(=O)OCc2cncs2)Cc2ccccc2)cs1. The molecule has 0 spiro atoms. The van der Waals surface area contributed by atoms with E-state index >= 15 is 0 Å². The Balaban J connectivity index is 1.46. The van der Waals surface area contributed by atoms with Crippen molar-refractivity contribution in [1.82, 2.24) is 30.8 Å². The van der Waals surface area contributed by atoms with E-state index in [-0.39, 0.29) is 31.5 Å². The molecule has 0 aliphatic rings. The number of urea groups is 1. The Morgan fingerprint density at radius 2 is 1.57 bits per heavy atom. The van der Waals surface area contributed by atoms with Gasteiger partial charge in [0.2, 0.25) is 5.91 Å². The summed E-state index contributed by atoms with van der Waals surface area (Å²) in [6, 6.07) is 18.8. The van der Waals surface area contributed by atoms with Crippen LogP contribution in [-0.2, 0) is 35.5 Å². The van der Waals surface area contributed by atoms with Crippen LogP contribution in [0.15, 0.2) is 77.8 Å². The molecule has 270 valence electrons. The van der Waals surface area contributed by atoms with E-state index in [9.17, 15) is 24.8 Å². The normalized spacial score (nSPS) is 13.3. The largest absolute Gasteiger partial charge is 0.444 e. The van der Waals surface area contributed by atoms with Crippen molar-refractivity contribution in [3.8, 4) is 6.07 Å². The standard InChI is InChI=1S/C37H45N7O5S2/c1-25(2)35-41-30(23-50-35)21-44(3)36(47)43-33(18-31(45)19-38)34(46)40-28(16-26-10-6-4-7-11-26)14-15-29(17-27-12-8-5-9-13-27)42-37(48)49-22-32-20-39-24-51-32/h4-13,20,23-25,28-29,31,33,45H,14-18,21-22H2,1-3H3,(H,40,46)(H,42,48)(H,43,47). The van der Waals surface area contributed by atoms with Gasteiger partial charge in [0.05, 0.1) is 33.7 Å². The van der Waals surface area contributed by atoms with Crippen LogP contribution in [-0.4, -0.2) is 69.3 Å². The fraction of sp³-hybridized carbons (Fsp3) is 0.405. The Kier molecular flexibility index (Phi) is 15.4. The van der Waals surface area contributed by atoms with E-state index in [2.05, 4.69) is 25.9 Å². The molecule has 0 bridgehead atoms. The number of amides is 4. The lowest BCUT2D eigenvalue weighted by molar-refractivity contribution is -0.124. The maximum Gasteiger partial charge on any atom is 0.407 e. The van der Waals surface area contributed by atoms with Crippen molar-refractivity contribution in [3.63, 3.8) is 0 Å². The Morgan fingerprint density at radius 1 is 0.941 bits per heavy atom. The van der Waals surface area contributed by atoms with Crippen LogP contribution in [0.1, 0.15) is 65.7 Å². The molecule has 51 heavy (non-hydrogen) atoms. The molecular formula is C37H45N7O5S2. The topological polar surface area (TPSA) is 170 Å². The first-order valence-electron chi connectivity index (χ1n) is 16.8. The number of rotatable bonds is 18. The number of aromatic nitrogens is 2. The summed E-state index contributed by atoms with van der Waals surface area (Å²) in [5.41, 5.74) is 4.43. The van der Waals surface area contributed by atoms with Gasteiger partial charge in [-0.2, -0.15) is 5.26 Å². The van der Waals surface area contributed by atoms with Crippen molar-refractivity contribution in [2.75, 3.05) is 7.05 Å². The molecule has 0 saturated heterocycles. The molecule has 14 heteroatoms. The fourth-order valence-electron chi connectivity index (χ4n) is 5.35. The minimum Gasteiger partial charge on any atom is -0.444 e. The summed E-state index contributed by atoms with van der Waals surface area (Å²) in [4.78, 5) is 50.8. The third kappa shape index (κ3) is 13.4. The van der Waals surface area contributed by atoms with Crippen molar-refractivity contribution in [2.45, 2.75) is 89.3 Å². The first-order chi connectivity index (χ1) is 24.6. The third-order valence-corrected chi connectivity index (χ3v) is 9.99. The van der Waals surface area contributed by atoms with Crippen LogP contribution in [0.5, 0.6) is 0 Å². The first kappa shape index (κ1) is 39.0. The van der Waals surface area contributed by atoms with Gasteiger partial charge in [-0.3, -0.25) is 9.78 Å². The second-order valence-electron chi connectivity index (χ2n) is 12.6. The van der Waals surface area contributed by atoms with Crippen LogP contribution in [0.2, 0.25) is 0 Å². The number of carbonyl (C=O) groups is 3. The molecule has 4 rings (SSSR count). The lowest BCUT2D eigenvalue weighted by Crippen LogP contribution is -2.53. The number of alkyl carbamates (subject to hydrolysis) is 1. The molecule has 0 aliphatic heterocycles. The molecule has 0 radical (unpaired) electrons. The van der Waals surface area contributed by atoms with Gasteiger partial charge in [-0.05, 0) is 36.8 Å². The van der Waals surface area contributed by atoms with Crippen LogP contribution in [0.4, 0.5) is 9.59 Å². The van der Waals surface area contributed by atoms with Gasteiger partial charge in [0.15, 0.2) is 0 Å². The summed E-state index contributed by atoms with van der Waals surface area (Å²) in [5.74, 6) is -0.265. The van der Waals surface area contributed by atoms with Crippen LogP contribution in [0.3, 0.4) is 0 Å². The average Bonchev–Trinajstić information content (AvgIpc) is 3.83. The highest BCUT2D eigenvalue weighted by Crippen LogP contribution is 2.20. The highest BCUT2D eigenvalue weighted by Gasteiger charge is 2.28. The number of hydrogen-bond donors (Lipinski definition) is 4. The molecule has 2 heterocycles. The van der Waals surface area contributed by atoms with Gasteiger partial charge < -0.3 is 30.7 Å². The summed E-state index contributed by atoms with van der Waals surface area (Å²) in [6.07, 6.45) is 1.32. The number of nitrogens with zero attached hydrogens (tertiary/aromatic N) is 4. The second-order valence-corrected chi connectivity index (χ2v) is 14.5. The zero-order valence-electron chi connectivity index (χ0n) is 29.0. The van der Waals surface area contributed by atoms with E-state index < -0.39 is 36.2 Å². The Hall–Kier alpha value is -4.84. The molecular weight excluding hydrogens is 687 g/mol. The molecule has 2 aromatic carbocycles. The van der Waals surface area contributed by atoms with Crippen LogP contribution < -0.4 is 16.0 Å². The summed E-state index contributed by atoms with van der Waals surface area (Å²) < 4.78 is 5.46.